The summed E-state index contributed by atoms with van der Waals surface area (Å²) in [6.45, 7) is 1.98. The Morgan fingerprint density at radius 2 is 2.31 bits per heavy atom. The maximum Gasteiger partial charge on any atom is 0.0791 e. The van der Waals surface area contributed by atoms with E-state index in [2.05, 4.69) is 4.98 Å². The second kappa shape index (κ2) is 7.46. The van der Waals surface area contributed by atoms with Crippen molar-refractivity contribution in [1.29, 1.82) is 0 Å². The van der Waals surface area contributed by atoms with Crippen LogP contribution in [0.25, 0.3) is 0 Å². The summed E-state index contributed by atoms with van der Waals surface area (Å²) in [5.41, 5.74) is 2.27. The van der Waals surface area contributed by atoms with E-state index in [1.165, 1.54) is 5.57 Å². The summed E-state index contributed by atoms with van der Waals surface area (Å²) in [6.07, 6.45) is 12.3. The fraction of sp³-hybridized carbons (Fsp3) is 0.214. The van der Waals surface area contributed by atoms with Gasteiger partial charge < -0.3 is 5.11 Å². The van der Waals surface area contributed by atoms with Crippen LogP contribution in [0.3, 0.4) is 0 Å². The number of pyridine rings is 1. The van der Waals surface area contributed by atoms with E-state index in [0.29, 0.717) is 0 Å². The Morgan fingerprint density at radius 3 is 2.94 bits per heavy atom. The largest absolute Gasteiger partial charge is 0.516 e. The van der Waals surface area contributed by atoms with Gasteiger partial charge in [0.2, 0.25) is 0 Å². The maximum atomic E-state index is 8.61. The van der Waals surface area contributed by atoms with Crippen molar-refractivity contribution in [1.82, 2.24) is 4.98 Å². The molecule has 0 aromatic carbocycles. The molecule has 1 aromatic rings. The molecule has 84 valence electrons. The second-order valence-corrected chi connectivity index (χ2v) is 3.40. The Balaban J connectivity index is 2.57. The molecule has 1 rings (SSSR count). The highest BCUT2D eigenvalue weighted by Crippen LogP contribution is 2.09. The van der Waals surface area contributed by atoms with Gasteiger partial charge in [0, 0.05) is 11.9 Å². The molecule has 0 saturated heterocycles. The minimum Gasteiger partial charge on any atom is -0.516 e. The van der Waals surface area contributed by atoms with Gasteiger partial charge in [-0.3, -0.25) is 4.98 Å². The van der Waals surface area contributed by atoms with Crippen molar-refractivity contribution < 1.29 is 5.11 Å². The van der Waals surface area contributed by atoms with E-state index < -0.39 is 0 Å². The monoisotopic (exact) mass is 215 g/mol. The quantitative estimate of drug-likeness (QED) is 0.601. The normalized spacial score (nSPS) is 12.7. The van der Waals surface area contributed by atoms with Gasteiger partial charge in [0.15, 0.2) is 0 Å². The Kier molecular flexibility index (Phi) is 5.71. The van der Waals surface area contributed by atoms with Crippen molar-refractivity contribution in [3.8, 4) is 0 Å². The molecule has 1 N–H and O–H groups in total. The van der Waals surface area contributed by atoms with E-state index in [-0.39, 0.29) is 0 Å². The van der Waals surface area contributed by atoms with Crippen molar-refractivity contribution in [2.45, 2.75) is 19.8 Å². The molecule has 0 unspecified atom stereocenters. The number of allylic oxidation sites excluding steroid dienone is 5. The molecule has 2 heteroatoms. The molecule has 0 saturated carbocycles. The minimum absolute atomic E-state index is 0.913. The highest BCUT2D eigenvalue weighted by atomic mass is 16.2. The van der Waals surface area contributed by atoms with Crippen LogP contribution in [0.2, 0.25) is 0 Å². The number of aliphatic hydroxyl groups is 1. The number of rotatable bonds is 5. The smallest absolute Gasteiger partial charge is 0.0791 e. The van der Waals surface area contributed by atoms with Crippen molar-refractivity contribution >= 4 is 0 Å². The average Bonchev–Trinajstić information content (AvgIpc) is 2.34. The zero-order valence-electron chi connectivity index (χ0n) is 9.50. The van der Waals surface area contributed by atoms with Crippen molar-refractivity contribution in [3.05, 3.63) is 66.2 Å². The summed E-state index contributed by atoms with van der Waals surface area (Å²) in [7, 11) is 0. The first-order valence-corrected chi connectivity index (χ1v) is 5.39. The molecule has 0 aliphatic heterocycles. The lowest BCUT2D eigenvalue weighted by Gasteiger charge is -2.01. The number of hydrogen-bond donors (Lipinski definition) is 1. The molecule has 0 fully saturated rings. The predicted molar refractivity (Wildman–Crippen MR) is 67.2 cm³/mol. The minimum atomic E-state index is 0.913. The molecule has 0 spiro atoms. The third-order valence-electron chi connectivity index (χ3n) is 2.17. The number of hydrogen-bond acceptors (Lipinski definition) is 2. The zero-order chi connectivity index (χ0) is 11.6. The van der Waals surface area contributed by atoms with Gasteiger partial charge >= 0.3 is 0 Å². The number of nitrogens with zero attached hydrogens (tertiary/aromatic N) is 1. The fourth-order valence-corrected chi connectivity index (χ4v) is 1.42. The van der Waals surface area contributed by atoms with E-state index in [1.54, 1.807) is 6.08 Å². The lowest BCUT2D eigenvalue weighted by molar-refractivity contribution is 0.473. The Bertz CT molecular complexity index is 377. The topological polar surface area (TPSA) is 33.1 Å². The highest BCUT2D eigenvalue weighted by Gasteiger charge is 1.95. The summed E-state index contributed by atoms with van der Waals surface area (Å²) in [6, 6.07) is 5.94. The molecule has 1 heterocycles. The molecule has 16 heavy (non-hydrogen) atoms. The maximum absolute atomic E-state index is 8.61. The second-order valence-electron chi connectivity index (χ2n) is 3.40. The molecule has 1 aromatic heterocycles. The van der Waals surface area contributed by atoms with Gasteiger partial charge in [-0.05, 0) is 43.5 Å². The van der Waals surface area contributed by atoms with E-state index in [1.807, 2.05) is 49.5 Å². The van der Waals surface area contributed by atoms with E-state index in [9.17, 15) is 0 Å². The fourth-order valence-electron chi connectivity index (χ4n) is 1.42. The summed E-state index contributed by atoms with van der Waals surface area (Å²) in [5, 5.41) is 8.61. The summed E-state index contributed by atoms with van der Waals surface area (Å²) in [5.74, 6) is 0. The van der Waals surface area contributed by atoms with Crippen LogP contribution in [-0.2, 0) is 6.42 Å². The van der Waals surface area contributed by atoms with Crippen LogP contribution in [0, 0.1) is 0 Å². The summed E-state index contributed by atoms with van der Waals surface area (Å²) in [4.78, 5) is 4.27. The van der Waals surface area contributed by atoms with E-state index in [4.69, 9.17) is 5.11 Å². The van der Waals surface area contributed by atoms with Crippen molar-refractivity contribution in [2.24, 2.45) is 0 Å². The van der Waals surface area contributed by atoms with Crippen molar-refractivity contribution in [2.75, 3.05) is 0 Å². The molecular formula is C14H17NO. The molecule has 0 aliphatic rings. The van der Waals surface area contributed by atoms with Crippen LogP contribution >= 0.6 is 0 Å². The van der Waals surface area contributed by atoms with Gasteiger partial charge in [-0.1, -0.05) is 24.3 Å². The first-order chi connectivity index (χ1) is 7.86. The van der Waals surface area contributed by atoms with E-state index in [0.717, 1.165) is 24.8 Å². The third kappa shape index (κ3) is 4.60. The van der Waals surface area contributed by atoms with Crippen molar-refractivity contribution in [3.63, 3.8) is 0 Å². The first-order valence-electron chi connectivity index (χ1n) is 5.39. The van der Waals surface area contributed by atoms with Gasteiger partial charge in [-0.2, -0.15) is 0 Å². The van der Waals surface area contributed by atoms with Gasteiger partial charge in [0.25, 0.3) is 0 Å². The highest BCUT2D eigenvalue weighted by molar-refractivity contribution is 5.24. The van der Waals surface area contributed by atoms with Crippen LogP contribution < -0.4 is 0 Å². The standard InChI is InChI=1S/C14H17NO/c1-2-6-13(7-5-12-16)9-10-14-8-3-4-11-15-14/h2-8,11-12,16H,9-10H2,1H3/b6-2-,12-5+,13-7+. The molecule has 0 amide bonds. The molecule has 2 nitrogen and oxygen atoms in total. The van der Waals surface area contributed by atoms with Gasteiger partial charge in [0.05, 0.1) is 6.26 Å². The third-order valence-corrected chi connectivity index (χ3v) is 2.17. The summed E-state index contributed by atoms with van der Waals surface area (Å²) >= 11 is 0. The predicted octanol–water partition coefficient (Wildman–Crippen LogP) is 3.59. The number of aliphatic hydroxyl groups excluding tert-OH is 1. The van der Waals surface area contributed by atoms with Gasteiger partial charge in [0.1, 0.15) is 0 Å². The average molecular weight is 215 g/mol. The number of aromatic nitrogens is 1. The van der Waals surface area contributed by atoms with Crippen LogP contribution in [0.4, 0.5) is 0 Å². The lowest BCUT2D eigenvalue weighted by atomic mass is 10.1. The van der Waals surface area contributed by atoms with Gasteiger partial charge in [-0.25, -0.2) is 0 Å². The Hall–Kier alpha value is -1.83. The van der Waals surface area contributed by atoms with Crippen LogP contribution in [0.1, 0.15) is 19.0 Å². The molecule has 0 aliphatic carbocycles. The molecule has 0 bridgehead atoms. The molecule has 0 radical (unpaired) electrons. The molecule has 0 atom stereocenters. The Labute approximate surface area is 96.7 Å². The lowest BCUT2D eigenvalue weighted by Crippen LogP contribution is -1.90. The SMILES string of the molecule is C\C=C/C(=C\C=C\O)CCc1ccccn1. The van der Waals surface area contributed by atoms with Crippen LogP contribution in [0.15, 0.2) is 60.5 Å². The first kappa shape index (κ1) is 12.2. The van der Waals surface area contributed by atoms with Gasteiger partial charge in [-0.15, -0.1) is 0 Å². The number of aryl methyl sites for hydroxylation is 1. The summed E-state index contributed by atoms with van der Waals surface area (Å²) < 4.78 is 0. The van der Waals surface area contributed by atoms with E-state index >= 15 is 0 Å². The van der Waals surface area contributed by atoms with Crippen LogP contribution in [0.5, 0.6) is 0 Å². The molecular weight excluding hydrogens is 198 g/mol. The van der Waals surface area contributed by atoms with Crippen LogP contribution in [-0.4, -0.2) is 10.1 Å². The Morgan fingerprint density at radius 1 is 1.44 bits per heavy atom. The zero-order valence-corrected chi connectivity index (χ0v) is 9.50.